The summed E-state index contributed by atoms with van der Waals surface area (Å²) in [6.45, 7) is 2.05. The van der Waals surface area contributed by atoms with Crippen LogP contribution in [0.3, 0.4) is 0 Å². The Hall–Kier alpha value is -1.42. The molecule has 0 aliphatic carbocycles. The van der Waals surface area contributed by atoms with E-state index < -0.39 is 0 Å². The number of aryl methyl sites for hydroxylation is 2. The van der Waals surface area contributed by atoms with Crippen LogP contribution in [0, 0.1) is 6.92 Å². The van der Waals surface area contributed by atoms with Crippen LogP contribution in [0.5, 0.6) is 0 Å². The lowest BCUT2D eigenvalue weighted by atomic mass is 10.3. The van der Waals surface area contributed by atoms with Crippen LogP contribution in [0.2, 0.25) is 0 Å². The lowest BCUT2D eigenvalue weighted by molar-refractivity contribution is 0.111. The van der Waals surface area contributed by atoms with Gasteiger partial charge in [0, 0.05) is 11.9 Å². The Morgan fingerprint density at radius 2 is 2.29 bits per heavy atom. The number of carbonyl (C=O) groups excluding carboxylic acids is 1. The van der Waals surface area contributed by atoms with Gasteiger partial charge in [0.1, 0.15) is 11.4 Å². The van der Waals surface area contributed by atoms with Gasteiger partial charge in [-0.15, -0.1) is 11.3 Å². The minimum atomic E-state index is 0.603. The van der Waals surface area contributed by atoms with Crippen molar-refractivity contribution in [2.24, 2.45) is 7.05 Å². The summed E-state index contributed by atoms with van der Waals surface area (Å²) in [5, 5.41) is 4.26. The molecule has 0 saturated heterocycles. The zero-order valence-electron chi connectivity index (χ0n) is 8.02. The van der Waals surface area contributed by atoms with E-state index in [9.17, 15) is 4.79 Å². The van der Waals surface area contributed by atoms with Gasteiger partial charge in [0.15, 0.2) is 6.29 Å². The molecular weight excluding hydrogens is 196 g/mol. The van der Waals surface area contributed by atoms with Crippen molar-refractivity contribution in [3.8, 4) is 10.6 Å². The van der Waals surface area contributed by atoms with E-state index in [0.29, 0.717) is 5.69 Å². The Kier molecular flexibility index (Phi) is 2.21. The van der Waals surface area contributed by atoms with Crippen LogP contribution in [0.4, 0.5) is 0 Å². The molecule has 2 rings (SSSR count). The van der Waals surface area contributed by atoms with Crippen LogP contribution in [0.15, 0.2) is 18.2 Å². The molecular formula is C10H10N2OS. The molecule has 0 N–H and O–H groups in total. The van der Waals surface area contributed by atoms with Gasteiger partial charge >= 0.3 is 0 Å². The second-order valence-corrected chi connectivity index (χ2v) is 4.39. The number of nitrogens with zero attached hydrogens (tertiary/aromatic N) is 2. The fourth-order valence-corrected chi connectivity index (χ4v) is 2.11. The molecule has 72 valence electrons. The molecule has 0 spiro atoms. The molecule has 0 aromatic carbocycles. The van der Waals surface area contributed by atoms with Crippen LogP contribution in [0.1, 0.15) is 15.4 Å². The first-order valence-electron chi connectivity index (χ1n) is 4.27. The molecule has 4 heteroatoms. The van der Waals surface area contributed by atoms with Crippen molar-refractivity contribution in [2.45, 2.75) is 6.92 Å². The maximum absolute atomic E-state index is 10.6. The van der Waals surface area contributed by atoms with Crippen molar-refractivity contribution in [1.82, 2.24) is 9.78 Å². The third-order valence-corrected chi connectivity index (χ3v) is 3.05. The lowest BCUT2D eigenvalue weighted by Gasteiger charge is -1.88. The average molecular weight is 206 g/mol. The van der Waals surface area contributed by atoms with E-state index in [1.54, 1.807) is 29.1 Å². The summed E-state index contributed by atoms with van der Waals surface area (Å²) in [6.07, 6.45) is 0.816. The van der Waals surface area contributed by atoms with Gasteiger partial charge in [-0.3, -0.25) is 9.48 Å². The normalized spacial score (nSPS) is 10.4. The summed E-state index contributed by atoms with van der Waals surface area (Å²) in [7, 11) is 1.77. The average Bonchev–Trinajstić information content (AvgIpc) is 2.71. The third kappa shape index (κ3) is 1.48. The van der Waals surface area contributed by atoms with Crippen molar-refractivity contribution in [3.63, 3.8) is 0 Å². The zero-order chi connectivity index (χ0) is 10.1. The molecule has 14 heavy (non-hydrogen) atoms. The Labute approximate surface area is 86.0 Å². The topological polar surface area (TPSA) is 34.9 Å². The van der Waals surface area contributed by atoms with Gasteiger partial charge in [-0.05, 0) is 25.1 Å². The summed E-state index contributed by atoms with van der Waals surface area (Å²) in [6, 6.07) is 5.88. The predicted octanol–water partition coefficient (Wildman–Crippen LogP) is 2.27. The van der Waals surface area contributed by atoms with Gasteiger partial charge in [0.05, 0.1) is 4.88 Å². The third-order valence-electron chi connectivity index (χ3n) is 2.03. The maximum Gasteiger partial charge on any atom is 0.168 e. The van der Waals surface area contributed by atoms with Crippen molar-refractivity contribution >= 4 is 17.6 Å². The standard InChI is InChI=1S/C10H10N2OS/c1-7-3-4-10(14-7)9-5-8(6-13)12(2)11-9/h3-6H,1-2H3. The van der Waals surface area contributed by atoms with Gasteiger partial charge in [0.25, 0.3) is 0 Å². The van der Waals surface area contributed by atoms with Gasteiger partial charge < -0.3 is 0 Å². The van der Waals surface area contributed by atoms with Gasteiger partial charge in [-0.1, -0.05) is 0 Å². The largest absolute Gasteiger partial charge is 0.296 e. The number of carbonyl (C=O) groups is 1. The maximum atomic E-state index is 10.6. The Balaban J connectivity index is 2.47. The molecule has 0 atom stereocenters. The van der Waals surface area contributed by atoms with E-state index in [1.807, 2.05) is 6.07 Å². The van der Waals surface area contributed by atoms with Crippen LogP contribution in [-0.4, -0.2) is 16.1 Å². The number of aromatic nitrogens is 2. The van der Waals surface area contributed by atoms with Crippen LogP contribution >= 0.6 is 11.3 Å². The number of thiophene rings is 1. The molecule has 0 unspecified atom stereocenters. The highest BCUT2D eigenvalue weighted by atomic mass is 32.1. The molecule has 0 aliphatic rings. The Bertz CT molecular complexity index is 470. The molecule has 0 radical (unpaired) electrons. The number of aldehydes is 1. The fraction of sp³-hybridized carbons (Fsp3) is 0.200. The van der Waals surface area contributed by atoms with Crippen LogP contribution in [0.25, 0.3) is 10.6 Å². The van der Waals surface area contributed by atoms with Gasteiger partial charge in [0.2, 0.25) is 0 Å². The summed E-state index contributed by atoms with van der Waals surface area (Å²) in [5.41, 5.74) is 1.47. The molecule has 2 aromatic rings. The van der Waals surface area contributed by atoms with E-state index in [1.165, 1.54) is 4.88 Å². The molecule has 2 aromatic heterocycles. The highest BCUT2D eigenvalue weighted by Crippen LogP contribution is 2.26. The highest BCUT2D eigenvalue weighted by molar-refractivity contribution is 7.15. The summed E-state index contributed by atoms with van der Waals surface area (Å²) >= 11 is 1.68. The molecule has 0 aliphatic heterocycles. The quantitative estimate of drug-likeness (QED) is 0.706. The lowest BCUT2D eigenvalue weighted by Crippen LogP contribution is -1.95. The number of hydrogen-bond acceptors (Lipinski definition) is 3. The van der Waals surface area contributed by atoms with E-state index in [2.05, 4.69) is 18.1 Å². The minimum absolute atomic E-state index is 0.603. The van der Waals surface area contributed by atoms with Crippen LogP contribution in [-0.2, 0) is 7.05 Å². The monoisotopic (exact) mass is 206 g/mol. The SMILES string of the molecule is Cc1ccc(-c2cc(C=O)n(C)n2)s1. The number of rotatable bonds is 2. The first-order chi connectivity index (χ1) is 6.70. The molecule has 0 bridgehead atoms. The molecule has 2 heterocycles. The zero-order valence-corrected chi connectivity index (χ0v) is 8.84. The Morgan fingerprint density at radius 1 is 1.50 bits per heavy atom. The van der Waals surface area contributed by atoms with Crippen LogP contribution < -0.4 is 0 Å². The first kappa shape index (κ1) is 9.15. The van der Waals surface area contributed by atoms with E-state index in [4.69, 9.17) is 0 Å². The Morgan fingerprint density at radius 3 is 2.79 bits per heavy atom. The molecule has 0 saturated carbocycles. The smallest absolute Gasteiger partial charge is 0.168 e. The molecule has 0 amide bonds. The summed E-state index contributed by atoms with van der Waals surface area (Å²) in [4.78, 5) is 13.0. The van der Waals surface area contributed by atoms with Crippen molar-refractivity contribution in [2.75, 3.05) is 0 Å². The summed E-state index contributed by atoms with van der Waals surface area (Å²) < 4.78 is 1.59. The van der Waals surface area contributed by atoms with E-state index in [-0.39, 0.29) is 0 Å². The molecule has 3 nitrogen and oxygen atoms in total. The van der Waals surface area contributed by atoms with Crippen molar-refractivity contribution in [3.05, 3.63) is 28.8 Å². The van der Waals surface area contributed by atoms with Crippen molar-refractivity contribution < 1.29 is 4.79 Å². The summed E-state index contributed by atoms with van der Waals surface area (Å²) in [5.74, 6) is 0. The second kappa shape index (κ2) is 3.38. The minimum Gasteiger partial charge on any atom is -0.296 e. The predicted molar refractivity (Wildman–Crippen MR) is 56.6 cm³/mol. The van der Waals surface area contributed by atoms with Crippen molar-refractivity contribution in [1.29, 1.82) is 0 Å². The van der Waals surface area contributed by atoms with E-state index in [0.717, 1.165) is 16.9 Å². The number of hydrogen-bond donors (Lipinski definition) is 0. The van der Waals surface area contributed by atoms with Gasteiger partial charge in [-0.2, -0.15) is 5.10 Å². The second-order valence-electron chi connectivity index (χ2n) is 3.11. The van der Waals surface area contributed by atoms with Gasteiger partial charge in [-0.25, -0.2) is 0 Å². The molecule has 0 fully saturated rings. The first-order valence-corrected chi connectivity index (χ1v) is 5.08. The highest BCUT2D eigenvalue weighted by Gasteiger charge is 2.07. The fourth-order valence-electron chi connectivity index (χ4n) is 1.28. The van der Waals surface area contributed by atoms with E-state index >= 15 is 0 Å².